The molecule has 0 unspecified atom stereocenters. The second-order valence-corrected chi connectivity index (χ2v) is 20.0. The van der Waals surface area contributed by atoms with Gasteiger partial charge in [-0.15, -0.1) is 23.5 Å². The number of hydrogen-bond acceptors (Lipinski definition) is 4. The molecule has 5 aromatic carbocycles. The third-order valence-electron chi connectivity index (χ3n) is 13.2. The largest absolute Gasteiger partial charge is 0.354 e. The van der Waals surface area contributed by atoms with E-state index in [1.54, 1.807) is 35.7 Å². The lowest BCUT2D eigenvalue weighted by Gasteiger charge is -2.33. The minimum absolute atomic E-state index is 0.00552. The van der Waals surface area contributed by atoms with Gasteiger partial charge in [-0.05, 0) is 99.9 Å². The number of thioether (sulfide) groups is 2. The second-order valence-electron chi connectivity index (χ2n) is 17.3. The van der Waals surface area contributed by atoms with Crippen LogP contribution >= 0.6 is 23.5 Å². The zero-order valence-corrected chi connectivity index (χ0v) is 38.8. The Bertz CT molecular complexity index is 3980. The lowest BCUT2D eigenvalue weighted by Crippen LogP contribution is -2.08. The number of fused-ring (bicyclic) bond motifs is 12. The van der Waals surface area contributed by atoms with Crippen molar-refractivity contribution in [2.24, 2.45) is 0 Å². The summed E-state index contributed by atoms with van der Waals surface area (Å²) in [6.07, 6.45) is 5.10. The lowest BCUT2D eigenvalue weighted by molar-refractivity contribution is 0.381. The summed E-state index contributed by atoms with van der Waals surface area (Å²) in [6, 6.07) is 15.3. The van der Waals surface area contributed by atoms with Crippen molar-refractivity contribution >= 4 is 69.9 Å². The van der Waals surface area contributed by atoms with E-state index in [0.717, 1.165) is 76.6 Å². The fourth-order valence-corrected chi connectivity index (χ4v) is 12.8. The van der Waals surface area contributed by atoms with Crippen molar-refractivity contribution in [2.45, 2.75) is 11.0 Å². The number of aromatic amines is 2. The summed E-state index contributed by atoms with van der Waals surface area (Å²) in [7, 11) is 0. The van der Waals surface area contributed by atoms with Gasteiger partial charge in [-0.25, -0.2) is 75.8 Å². The third-order valence-corrected chi connectivity index (χ3v) is 16.2. The summed E-state index contributed by atoms with van der Waals surface area (Å²) >= 11 is 3.48. The highest BCUT2D eigenvalue weighted by Crippen LogP contribution is 2.58. The Labute approximate surface area is 419 Å². The van der Waals surface area contributed by atoms with E-state index in [2.05, 4.69) is 15.0 Å². The Kier molecular flexibility index (Phi) is 11.4. The molecule has 1 aliphatic carbocycles. The summed E-state index contributed by atoms with van der Waals surface area (Å²) in [5.41, 5.74) is -6.97. The van der Waals surface area contributed by atoms with Gasteiger partial charge in [0.15, 0.2) is 69.8 Å². The predicted molar refractivity (Wildman–Crippen MR) is 257 cm³/mol. The van der Waals surface area contributed by atoms with Crippen LogP contribution in [0.1, 0.15) is 39.3 Å². The van der Waals surface area contributed by atoms with Crippen molar-refractivity contribution in [3.8, 4) is 66.8 Å². The molecule has 0 atom stereocenters. The maximum Gasteiger partial charge on any atom is 0.200 e. The standard InChI is InChI=1S/C54H23F15N4S2/c55-39-36(40(56)46(62)51(67)45(39)61)33-24-10-8-22(70-24)32(20-6-1-4-18-19-5-2-7-21(31(19)30(18)20)54-74-16-3-17-75-54)23-9-11-25(71-23)34(37-41(57)47(63)52(68)48(64)42(37)58)27-13-15-29(73-27)35(28-14-12-26(33)72-28)38-43(59)49(65)53(69)50(66)44(38)60/h1-2,4-15,54,70,73H,3,16-17H2. The summed E-state index contributed by atoms with van der Waals surface area (Å²) in [5, 5.41) is 0. The van der Waals surface area contributed by atoms with Gasteiger partial charge in [0, 0.05) is 44.3 Å². The van der Waals surface area contributed by atoms with Crippen LogP contribution in [-0.4, -0.2) is 31.4 Å². The van der Waals surface area contributed by atoms with Gasteiger partial charge in [-0.1, -0.05) is 36.4 Å². The van der Waals surface area contributed by atoms with Crippen molar-refractivity contribution in [1.82, 2.24) is 19.9 Å². The van der Waals surface area contributed by atoms with E-state index in [1.807, 2.05) is 24.3 Å². The van der Waals surface area contributed by atoms with Crippen LogP contribution in [0, 0.1) is 87.3 Å². The minimum atomic E-state index is -2.61. The molecule has 6 heterocycles. The van der Waals surface area contributed by atoms with Crippen LogP contribution in [0.4, 0.5) is 65.9 Å². The summed E-state index contributed by atoms with van der Waals surface area (Å²) < 4.78 is 232. The highest BCUT2D eigenvalue weighted by molar-refractivity contribution is 8.16. The molecule has 8 bridgehead atoms. The Morgan fingerprint density at radius 3 is 1.01 bits per heavy atom. The molecule has 3 aromatic heterocycles. The predicted octanol–water partition coefficient (Wildman–Crippen LogP) is 16.9. The van der Waals surface area contributed by atoms with Crippen LogP contribution in [0.2, 0.25) is 0 Å². The van der Waals surface area contributed by atoms with E-state index >= 15 is 52.7 Å². The molecule has 0 saturated carbocycles. The quantitative estimate of drug-likeness (QED) is 0.102. The van der Waals surface area contributed by atoms with Gasteiger partial charge in [-0.3, -0.25) is 0 Å². The molecule has 1 fully saturated rings. The molecule has 0 spiro atoms. The number of nitrogens with zero attached hydrogens (tertiary/aromatic N) is 2. The molecule has 8 aromatic rings. The average molecular weight is 1080 g/mol. The maximum atomic E-state index is 16.2. The van der Waals surface area contributed by atoms with Crippen LogP contribution in [-0.2, 0) is 0 Å². The van der Waals surface area contributed by atoms with Crippen LogP contribution in [0.3, 0.4) is 0 Å². The first-order valence-electron chi connectivity index (χ1n) is 22.2. The third kappa shape index (κ3) is 7.13. The topological polar surface area (TPSA) is 57.4 Å². The molecule has 0 amide bonds. The van der Waals surface area contributed by atoms with Crippen LogP contribution in [0.25, 0.3) is 113 Å². The summed E-state index contributed by atoms with van der Waals surface area (Å²) in [4.78, 5) is 14.4. The van der Waals surface area contributed by atoms with E-state index in [-0.39, 0.29) is 21.4 Å². The van der Waals surface area contributed by atoms with Gasteiger partial charge < -0.3 is 9.97 Å². The van der Waals surface area contributed by atoms with Crippen molar-refractivity contribution in [3.05, 3.63) is 176 Å². The molecule has 1 saturated heterocycles. The number of aromatic nitrogens is 4. The van der Waals surface area contributed by atoms with E-state index in [1.165, 1.54) is 12.1 Å². The molecule has 4 aliphatic rings. The van der Waals surface area contributed by atoms with Crippen LogP contribution in [0.5, 0.6) is 0 Å². The smallest absolute Gasteiger partial charge is 0.200 e. The van der Waals surface area contributed by atoms with Crippen molar-refractivity contribution in [2.75, 3.05) is 11.5 Å². The summed E-state index contributed by atoms with van der Waals surface area (Å²) in [6.45, 7) is 0. The van der Waals surface area contributed by atoms with Crippen LogP contribution in [0.15, 0.2) is 60.7 Å². The van der Waals surface area contributed by atoms with Gasteiger partial charge in [0.1, 0.15) is 0 Å². The minimum Gasteiger partial charge on any atom is -0.354 e. The number of halogens is 15. The fourth-order valence-electron chi connectivity index (χ4n) is 9.88. The van der Waals surface area contributed by atoms with Crippen LogP contribution < -0.4 is 0 Å². The molecule has 3 aliphatic heterocycles. The maximum absolute atomic E-state index is 16.2. The zero-order valence-electron chi connectivity index (χ0n) is 37.2. The van der Waals surface area contributed by atoms with Crippen molar-refractivity contribution < 1.29 is 65.9 Å². The molecule has 4 nitrogen and oxygen atoms in total. The van der Waals surface area contributed by atoms with E-state index < -0.39 is 154 Å². The van der Waals surface area contributed by atoms with Crippen molar-refractivity contribution in [1.29, 1.82) is 0 Å². The Morgan fingerprint density at radius 1 is 0.320 bits per heavy atom. The van der Waals surface area contributed by atoms with E-state index in [0.29, 0.717) is 11.1 Å². The average Bonchev–Trinajstić information content (AvgIpc) is 4.28. The second kappa shape index (κ2) is 17.7. The van der Waals surface area contributed by atoms with Gasteiger partial charge in [-0.2, -0.15) is 0 Å². The van der Waals surface area contributed by atoms with Gasteiger partial charge in [0.25, 0.3) is 0 Å². The number of hydrogen-bond donors (Lipinski definition) is 2. The number of H-pyrrole nitrogens is 2. The normalized spacial score (nSPS) is 13.9. The Morgan fingerprint density at radius 2 is 0.627 bits per heavy atom. The molecule has 376 valence electrons. The zero-order chi connectivity index (χ0) is 52.6. The molecule has 12 rings (SSSR count). The molecule has 0 radical (unpaired) electrons. The van der Waals surface area contributed by atoms with E-state index in [4.69, 9.17) is 4.98 Å². The number of rotatable bonds is 5. The van der Waals surface area contributed by atoms with E-state index in [9.17, 15) is 13.2 Å². The summed E-state index contributed by atoms with van der Waals surface area (Å²) in [5.74, 6) is -34.8. The molecule has 75 heavy (non-hydrogen) atoms. The fraction of sp³-hybridized carbons (Fsp3) is 0.0741. The first-order chi connectivity index (χ1) is 36.0. The lowest BCUT2D eigenvalue weighted by atomic mass is 9.74. The molecular weight excluding hydrogens is 1050 g/mol. The highest BCUT2D eigenvalue weighted by atomic mass is 32.2. The number of benzene rings is 5. The molecule has 2 N–H and O–H groups in total. The van der Waals surface area contributed by atoms with Gasteiger partial charge >= 0.3 is 0 Å². The number of nitrogens with one attached hydrogen (secondary N) is 2. The van der Waals surface area contributed by atoms with Crippen molar-refractivity contribution in [3.63, 3.8) is 0 Å². The Hall–Kier alpha value is -7.65. The molecule has 21 heteroatoms. The molecular formula is C54H23F15N4S2. The Balaban J connectivity index is 1.29. The monoisotopic (exact) mass is 1080 g/mol. The highest BCUT2D eigenvalue weighted by Gasteiger charge is 2.36. The first kappa shape index (κ1) is 48.3. The van der Waals surface area contributed by atoms with Gasteiger partial charge in [0.05, 0.1) is 44.0 Å². The SMILES string of the molecule is Fc1c(F)c(F)c(-c2c3nc(c(-c4c(F)c(F)c(F)c(F)c4F)c4ccc([nH]4)c(-c4c(F)c(F)c(F)c(F)c4F)c4nc(c(-c5cccc6c5-c5c-6cccc5C5SCCCS5)c5ccc2[nH]5)C=C4)C=C3)c(F)c1F. The first-order valence-corrected chi connectivity index (χ1v) is 24.3. The van der Waals surface area contributed by atoms with Gasteiger partial charge in [0.2, 0.25) is 17.5 Å².